The molecule has 8 aliphatic heterocycles. The molecule has 0 saturated carbocycles. The zero-order chi connectivity index (χ0) is 106. The van der Waals surface area contributed by atoms with Crippen molar-refractivity contribution in [1.29, 1.82) is 0 Å². The summed E-state index contributed by atoms with van der Waals surface area (Å²) in [6.45, 7) is -7.93. The number of hydrogen-bond donors (Lipinski definition) is 29. The van der Waals surface area contributed by atoms with Gasteiger partial charge in [0.2, 0.25) is 0 Å². The zero-order valence-corrected chi connectivity index (χ0v) is 76.8. The second-order valence-corrected chi connectivity index (χ2v) is 42.3. The molecule has 140 heavy (non-hydrogen) atoms. The van der Waals surface area contributed by atoms with E-state index in [9.17, 15) is 241 Å². The first kappa shape index (κ1) is 121. The molecule has 0 radical (unpaired) electrons. The Kier molecular flexibility index (Phi) is 39.5. The molecule has 39 atom stereocenters. The first-order valence-corrected chi connectivity index (χ1v) is 53.0. The SMILES string of the molecule is O=C(O)[C@H]1C[C@H](O)[C@@H](OS(=O)(=O)O)[C@H](O[C@H]2[C@H](O)[C@@H](NS(=O)(=O)O)[C@@H](O[C@@H]3[C@H](O)[C@@H](OS(=O)(=O)O)[C@H](O[C@H]4[C@H](O)[C@@H](NS(=O)(=O)O)[C@@H](O[C@H]5[C@H](O)[C@@H](OS(=O)(=O)O)[C@H](O[C@H]6[C@H](O)[C@@H](NS(=O)(=O)O)[C@@H](O[C@@H]7[C@H](O)[C@@H](OS(=O)(=O)O)[C@H](O[C@H]8[C@H](O)[C@@H](NS(=O)(=O)O)[C@@H](O)O[C@@H]8COS(=O)(=O)O)O[C@H]7C(=O)O)O[C@@H]6COS(=O)(=O)O)O[C@H]5C(=O)O)O[C@@H]4COS(=O)(=O)O)O[C@H]3C(=O)O)O[C@@H]2COS(=O)(=O)O)O1. The summed E-state index contributed by atoms with van der Waals surface area (Å²) in [5.41, 5.74) is 0. The number of nitrogens with one attached hydrogen (secondary N) is 4. The standard InChI is InChI=1S/C48H78N4O76S12/c53-6-1-7(37(61)62)111-45(23(6)125-137(94,95)96)115-25-9(3-107-134(85,86)87)112-42(13(17(25)55)50-130(73,74)75)119-29-21(59)32(127-139(100,101)102)47(123-35(29)39(65)66)117-27-11(5-109-136(91,92)93)114-44(15(19(27)57)52-132(79,80)81)121-30-22(60)33(128-140(103,104)105)48(124-36(30)40(67)68)118-26-10(4-108-135(88,89)90)113-43(14(18(26)56)51-131(76,77)78)120-28-20(58)31(126-138(97,98)99)46(122-34(28)38(63)64)116-24-8(2-106-133(82,83)84)110-41(69)12(16(24)54)49-129(70,71)72/h6-36,41-60,69H,1-5H2,(H,61,62)(H,63,64)(H,65,66)(H,67,68)(H,70,71,72)(H,73,74,75)(H,76,77,78)(H,79,80,81)(H,82,83,84)(H,85,86,87)(H,88,89,90)(H,91,92,93)(H,94,95,96)(H,97,98,99)(H,100,101,102)(H,103,104,105)/t6-,7+,8+,9+,10+,11+,12+,13+,14+,15+,16+,17+,18+,19+,20-,21-,22-,23+,24+,25+,26+,27+,28+,29+,30-,31+,32+,33+,34+,35+,36+,41-,42+,43+,44+,45-,46+,47+,48+/m0/s1. The van der Waals surface area contributed by atoms with E-state index in [1.165, 1.54) is 0 Å². The summed E-state index contributed by atoms with van der Waals surface area (Å²) in [7, 11) is -73.1. The van der Waals surface area contributed by atoms with E-state index < -0.39 is 420 Å². The Morgan fingerprint density at radius 3 is 0.679 bits per heavy atom. The predicted molar refractivity (Wildman–Crippen MR) is 398 cm³/mol. The molecule has 0 spiro atoms. The van der Waals surface area contributed by atoms with E-state index >= 15 is 0 Å². The van der Waals surface area contributed by atoms with Crippen molar-refractivity contribution in [2.75, 3.05) is 26.4 Å². The summed E-state index contributed by atoms with van der Waals surface area (Å²) in [6, 6.07) is -12.4. The summed E-state index contributed by atoms with van der Waals surface area (Å²) >= 11 is 0. The highest BCUT2D eigenvalue weighted by molar-refractivity contribution is 7.85. The maximum absolute atomic E-state index is 13.5. The molecule has 0 amide bonds. The van der Waals surface area contributed by atoms with Crippen molar-refractivity contribution in [2.45, 2.75) is 246 Å². The highest BCUT2D eigenvalue weighted by atomic mass is 32.3. The monoisotopic (exact) mass is 2310 g/mol. The van der Waals surface area contributed by atoms with Crippen LogP contribution in [0.25, 0.3) is 0 Å². The smallest absolute Gasteiger partial charge is 0.397 e. The number of carboxylic acids is 4. The van der Waals surface area contributed by atoms with Gasteiger partial charge in [-0.3, -0.25) is 54.6 Å². The third-order valence-corrected chi connectivity index (χ3v) is 25.2. The van der Waals surface area contributed by atoms with Crippen molar-refractivity contribution >= 4 is 148 Å². The Morgan fingerprint density at radius 2 is 0.457 bits per heavy atom. The van der Waals surface area contributed by atoms with Crippen LogP contribution >= 0.6 is 0 Å². The van der Waals surface area contributed by atoms with Crippen LogP contribution in [0, 0.1) is 0 Å². The lowest BCUT2D eigenvalue weighted by Crippen LogP contribution is -2.71. The molecule has 8 saturated heterocycles. The van der Waals surface area contributed by atoms with E-state index in [-0.39, 0.29) is 0 Å². The normalized spacial score (nSPS) is 39.1. The molecule has 0 aromatic carbocycles. The first-order valence-electron chi connectivity index (χ1n) is 36.3. The highest BCUT2D eigenvalue weighted by Crippen LogP contribution is 2.42. The van der Waals surface area contributed by atoms with E-state index in [0.29, 0.717) is 0 Å². The van der Waals surface area contributed by atoms with Crippen molar-refractivity contribution in [1.82, 2.24) is 18.9 Å². The van der Waals surface area contributed by atoms with Gasteiger partial charge in [0, 0.05) is 6.42 Å². The largest absolute Gasteiger partial charge is 0.479 e. The van der Waals surface area contributed by atoms with E-state index in [4.69, 9.17) is 71.1 Å². The van der Waals surface area contributed by atoms with Crippen LogP contribution in [0.4, 0.5) is 0 Å². The predicted octanol–water partition coefficient (Wildman–Crippen LogP) is -20.8. The number of carboxylic acid groups (broad SMARTS) is 4. The minimum Gasteiger partial charge on any atom is -0.479 e. The maximum atomic E-state index is 13.5. The number of carbonyl (C=O) groups is 4. The van der Waals surface area contributed by atoms with Gasteiger partial charge in [0.05, 0.1) is 32.5 Å². The summed E-state index contributed by atoms with van der Waals surface area (Å²) in [4.78, 5) is 51.9. The van der Waals surface area contributed by atoms with Gasteiger partial charge < -0.3 is 137 Å². The summed E-state index contributed by atoms with van der Waals surface area (Å²) < 4.78 is 531. The molecule has 0 aromatic rings. The number of aliphatic hydroxyl groups is 9. The van der Waals surface area contributed by atoms with Crippen LogP contribution in [-0.4, -0.2) is 512 Å². The molecule has 8 rings (SSSR count). The van der Waals surface area contributed by atoms with Gasteiger partial charge in [0.15, 0.2) is 99.2 Å². The van der Waals surface area contributed by atoms with Gasteiger partial charge in [0.1, 0.15) is 134 Å². The number of aliphatic hydroxyl groups excluding tert-OH is 9. The van der Waals surface area contributed by atoms with Gasteiger partial charge in [-0.2, -0.15) is 120 Å². The molecule has 0 unspecified atom stereocenters. The summed E-state index contributed by atoms with van der Waals surface area (Å²) in [6.07, 6.45) is -112. The average Bonchev–Trinajstić information content (AvgIpc) is 0.749. The molecular weight excluding hydrogens is 2230 g/mol. The van der Waals surface area contributed by atoms with Gasteiger partial charge in [-0.15, -0.1) is 0 Å². The zero-order valence-electron chi connectivity index (χ0n) is 67.0. The van der Waals surface area contributed by atoms with Crippen molar-refractivity contribution in [3.05, 3.63) is 0 Å². The Balaban J connectivity index is 1.15. The Morgan fingerprint density at radius 1 is 0.243 bits per heavy atom. The average molecular weight is 2310 g/mol. The summed E-state index contributed by atoms with van der Waals surface area (Å²) in [5.74, 6) is -10.1. The first-order chi connectivity index (χ1) is 63.4. The Hall–Kier alpha value is -4.64. The number of hydrogen-bond acceptors (Lipinski definition) is 60. The van der Waals surface area contributed by atoms with Gasteiger partial charge in [0.25, 0.3) is 0 Å². The van der Waals surface area contributed by atoms with Crippen LogP contribution < -0.4 is 18.9 Å². The Bertz CT molecular complexity index is 5840. The van der Waals surface area contributed by atoms with Crippen molar-refractivity contribution in [2.24, 2.45) is 0 Å². The quantitative estimate of drug-likeness (QED) is 0.0252. The lowest BCUT2D eigenvalue weighted by atomic mass is 9.94. The van der Waals surface area contributed by atoms with Crippen molar-refractivity contribution in [3.8, 4) is 0 Å². The molecule has 0 bridgehead atoms. The van der Waals surface area contributed by atoms with Crippen molar-refractivity contribution in [3.63, 3.8) is 0 Å². The van der Waals surface area contributed by atoms with Gasteiger partial charge in [-0.25, -0.2) is 52.6 Å². The second kappa shape index (κ2) is 45.8. The lowest BCUT2D eigenvalue weighted by molar-refractivity contribution is -0.378. The van der Waals surface area contributed by atoms with Crippen LogP contribution in [0.15, 0.2) is 0 Å². The fourth-order valence-corrected chi connectivity index (χ4v) is 19.6. The molecule has 29 N–H and O–H groups in total. The van der Waals surface area contributed by atoms with E-state index in [1.54, 1.807) is 0 Å². The van der Waals surface area contributed by atoms with Crippen LogP contribution in [-0.2, 0) is 248 Å². The fourth-order valence-electron chi connectivity index (χ4n) is 14.1. The summed E-state index contributed by atoms with van der Waals surface area (Å²) in [5, 5.41) is 146. The van der Waals surface area contributed by atoms with Gasteiger partial charge in [-0.05, 0) is 0 Å². The molecular formula is C48H78N4O76S12. The van der Waals surface area contributed by atoms with Crippen LogP contribution in [0.2, 0.25) is 0 Å². The molecule has 8 fully saturated rings. The molecule has 80 nitrogen and oxygen atoms in total. The minimum absolute atomic E-state index is 1.05. The maximum Gasteiger partial charge on any atom is 0.397 e. The van der Waals surface area contributed by atoms with Crippen molar-refractivity contribution < 1.29 is 346 Å². The highest BCUT2D eigenvalue weighted by Gasteiger charge is 2.65. The third-order valence-electron chi connectivity index (χ3n) is 19.3. The molecule has 8 aliphatic rings. The minimum atomic E-state index is -6.52. The van der Waals surface area contributed by atoms with E-state index in [0.717, 1.165) is 18.9 Å². The molecule has 0 aliphatic carbocycles. The number of ether oxygens (including phenoxy) is 15. The van der Waals surface area contributed by atoms with Gasteiger partial charge >= 0.3 is 148 Å². The second-order valence-electron chi connectivity index (χ2n) is 29.0. The molecule has 92 heteroatoms. The van der Waals surface area contributed by atoms with E-state index in [2.05, 4.69) is 33.5 Å². The molecule has 818 valence electrons. The van der Waals surface area contributed by atoms with Crippen LogP contribution in [0.1, 0.15) is 6.42 Å². The topological polar surface area (TPSA) is 1240 Å². The van der Waals surface area contributed by atoms with Gasteiger partial charge in [-0.1, -0.05) is 0 Å². The van der Waals surface area contributed by atoms with E-state index in [1.807, 2.05) is 0 Å². The van der Waals surface area contributed by atoms with Crippen LogP contribution in [0.5, 0.6) is 0 Å². The van der Waals surface area contributed by atoms with Crippen LogP contribution in [0.3, 0.4) is 0 Å². The Labute approximate surface area is 780 Å². The molecule has 8 heterocycles. The molecule has 0 aromatic heterocycles. The number of aliphatic carboxylic acids is 4. The number of rotatable bonds is 46. The third kappa shape index (κ3) is 34.7. The fraction of sp³-hybridized carbons (Fsp3) is 0.917. The lowest BCUT2D eigenvalue weighted by Gasteiger charge is -2.51.